The lowest BCUT2D eigenvalue weighted by atomic mass is 9.89. The molecule has 0 aromatic heterocycles. The van der Waals surface area contributed by atoms with Crippen LogP contribution < -0.4 is 9.04 Å². The molecule has 0 spiro atoms. The summed E-state index contributed by atoms with van der Waals surface area (Å²) in [4.78, 5) is 15.0. The number of para-hydroxylation sites is 2. The van der Waals surface area contributed by atoms with Gasteiger partial charge in [0, 0.05) is 24.6 Å². The van der Waals surface area contributed by atoms with Gasteiger partial charge in [-0.15, -0.1) is 12.4 Å². The number of Topliss-reactive ketones (excluding diaryl/α,β-unsaturated/α-hetero) is 1. The number of halogens is 2. The van der Waals surface area contributed by atoms with Crippen molar-refractivity contribution in [1.82, 2.24) is 4.90 Å². The van der Waals surface area contributed by atoms with Crippen molar-refractivity contribution in [2.75, 3.05) is 37.6 Å². The molecule has 2 aromatic rings. The summed E-state index contributed by atoms with van der Waals surface area (Å²) in [5.74, 6) is -0.0617. The molecule has 1 fully saturated rings. The van der Waals surface area contributed by atoms with E-state index in [-0.39, 0.29) is 42.2 Å². The zero-order chi connectivity index (χ0) is 26.4. The van der Waals surface area contributed by atoms with Crippen LogP contribution in [0.3, 0.4) is 0 Å². The molecule has 1 aliphatic heterocycles. The second kappa shape index (κ2) is 13.0. The normalized spacial score (nSPS) is 18.1. The fourth-order valence-electron chi connectivity index (χ4n) is 4.64. The van der Waals surface area contributed by atoms with Crippen LogP contribution >= 0.6 is 12.4 Å². The second-order valence-corrected chi connectivity index (χ2v) is 11.0. The Morgan fingerprint density at radius 3 is 2.34 bits per heavy atom. The van der Waals surface area contributed by atoms with Crippen LogP contribution in [0.2, 0.25) is 0 Å². The van der Waals surface area contributed by atoms with Crippen LogP contribution in [0.1, 0.15) is 23.2 Å². The van der Waals surface area contributed by atoms with E-state index in [4.69, 9.17) is 9.94 Å². The number of likely N-dealkylation sites (tertiary alicyclic amines) is 1. The molecule has 0 radical (unpaired) electrons. The molecule has 11 heteroatoms. The summed E-state index contributed by atoms with van der Waals surface area (Å²) in [6.45, 7) is 1.96. The van der Waals surface area contributed by atoms with Crippen molar-refractivity contribution in [3.05, 3.63) is 84.2 Å². The summed E-state index contributed by atoms with van der Waals surface area (Å²) in [5, 5.41) is 11.1. The predicted octanol–water partition coefficient (Wildman–Crippen LogP) is 4.31. The average Bonchev–Trinajstić information content (AvgIpc) is 2.93. The van der Waals surface area contributed by atoms with E-state index in [2.05, 4.69) is 10.1 Å². The number of anilines is 1. The first kappa shape index (κ1) is 29.3. The molecule has 0 saturated carbocycles. The molecule has 0 unspecified atom stereocenters. The SMILES string of the molecule is COc1ccccc1N(CCN1CCC(C(=O)c2ccc(F)cc2)CC1)S(=O)(=O)C1C=CC(=NO)C=C1.Cl. The quantitative estimate of drug-likeness (QED) is 0.277. The highest BCUT2D eigenvalue weighted by Crippen LogP contribution is 2.32. The van der Waals surface area contributed by atoms with Gasteiger partial charge in [-0.3, -0.25) is 9.10 Å². The van der Waals surface area contributed by atoms with Crippen molar-refractivity contribution < 1.29 is 27.5 Å². The Morgan fingerprint density at radius 1 is 1.11 bits per heavy atom. The summed E-state index contributed by atoms with van der Waals surface area (Å²) < 4.78 is 47.5. The topological polar surface area (TPSA) is 99.5 Å². The van der Waals surface area contributed by atoms with E-state index in [9.17, 15) is 17.6 Å². The molecule has 1 N–H and O–H groups in total. The summed E-state index contributed by atoms with van der Waals surface area (Å²) in [7, 11) is -2.38. The summed E-state index contributed by atoms with van der Waals surface area (Å²) in [5.41, 5.74) is 1.22. The van der Waals surface area contributed by atoms with E-state index >= 15 is 0 Å². The molecular weight excluding hydrogens is 533 g/mol. The first-order chi connectivity index (χ1) is 17.8. The molecule has 0 bridgehead atoms. The highest BCUT2D eigenvalue weighted by Gasteiger charge is 2.33. The largest absolute Gasteiger partial charge is 0.495 e. The lowest BCUT2D eigenvalue weighted by Crippen LogP contribution is -2.45. The second-order valence-electron chi connectivity index (χ2n) is 8.98. The highest BCUT2D eigenvalue weighted by atomic mass is 35.5. The van der Waals surface area contributed by atoms with Gasteiger partial charge in [-0.2, -0.15) is 0 Å². The molecule has 8 nitrogen and oxygen atoms in total. The molecule has 0 amide bonds. The number of sulfonamides is 1. The van der Waals surface area contributed by atoms with E-state index in [0.717, 1.165) is 0 Å². The number of benzene rings is 2. The maximum absolute atomic E-state index is 13.7. The van der Waals surface area contributed by atoms with E-state index in [1.165, 1.54) is 60.0 Å². The third-order valence-electron chi connectivity index (χ3n) is 6.74. The molecule has 1 heterocycles. The van der Waals surface area contributed by atoms with Gasteiger partial charge in [0.15, 0.2) is 5.78 Å². The van der Waals surface area contributed by atoms with Crippen LogP contribution in [-0.2, 0) is 10.0 Å². The van der Waals surface area contributed by atoms with Crippen LogP contribution in [-0.4, -0.2) is 68.6 Å². The number of rotatable bonds is 9. The maximum atomic E-state index is 13.7. The fraction of sp³-hybridized carbons (Fsp3) is 0.333. The van der Waals surface area contributed by atoms with Gasteiger partial charge in [-0.1, -0.05) is 29.4 Å². The number of ketones is 1. The number of carbonyl (C=O) groups excluding carboxylic acids is 1. The number of piperidine rings is 1. The Balaban J connectivity index is 0.00000400. The minimum absolute atomic E-state index is 0. The van der Waals surface area contributed by atoms with Gasteiger partial charge < -0.3 is 14.8 Å². The number of carbonyl (C=O) groups is 1. The maximum Gasteiger partial charge on any atom is 0.245 e. The Morgan fingerprint density at radius 2 is 1.74 bits per heavy atom. The van der Waals surface area contributed by atoms with Gasteiger partial charge in [-0.05, 0) is 74.5 Å². The number of methoxy groups -OCH3 is 1. The van der Waals surface area contributed by atoms with Crippen LogP contribution in [0, 0.1) is 11.7 Å². The molecular formula is C27H31ClFN3O5S. The predicted molar refractivity (Wildman–Crippen MR) is 148 cm³/mol. The Bertz CT molecular complexity index is 1290. The summed E-state index contributed by atoms with van der Waals surface area (Å²) in [6, 6.07) is 12.6. The van der Waals surface area contributed by atoms with Crippen LogP contribution in [0.5, 0.6) is 5.75 Å². The summed E-state index contributed by atoms with van der Waals surface area (Å²) >= 11 is 0. The number of oxime groups is 1. The zero-order valence-electron chi connectivity index (χ0n) is 20.9. The molecule has 0 atom stereocenters. The Labute approximate surface area is 228 Å². The number of nitrogens with zero attached hydrogens (tertiary/aromatic N) is 3. The van der Waals surface area contributed by atoms with Gasteiger partial charge >= 0.3 is 0 Å². The minimum atomic E-state index is -3.87. The van der Waals surface area contributed by atoms with Gasteiger partial charge in [0.1, 0.15) is 22.5 Å². The van der Waals surface area contributed by atoms with Crippen molar-refractivity contribution >= 4 is 39.6 Å². The molecule has 2 aliphatic rings. The Kier molecular flexibility index (Phi) is 10.1. The van der Waals surface area contributed by atoms with Gasteiger partial charge in [-0.25, -0.2) is 12.8 Å². The first-order valence-electron chi connectivity index (χ1n) is 12.1. The van der Waals surface area contributed by atoms with E-state index in [0.29, 0.717) is 49.5 Å². The Hall–Kier alpha value is -3.21. The van der Waals surface area contributed by atoms with Crippen molar-refractivity contribution in [3.8, 4) is 5.75 Å². The smallest absolute Gasteiger partial charge is 0.245 e. The lowest BCUT2D eigenvalue weighted by Gasteiger charge is -2.34. The minimum Gasteiger partial charge on any atom is -0.495 e. The lowest BCUT2D eigenvalue weighted by molar-refractivity contribution is 0.0843. The van der Waals surface area contributed by atoms with Crippen LogP contribution in [0.4, 0.5) is 10.1 Å². The van der Waals surface area contributed by atoms with E-state index < -0.39 is 15.3 Å². The molecule has 204 valence electrons. The fourth-order valence-corrected chi connectivity index (χ4v) is 6.25. The van der Waals surface area contributed by atoms with E-state index in [1.54, 1.807) is 24.3 Å². The van der Waals surface area contributed by atoms with Gasteiger partial charge in [0.2, 0.25) is 10.0 Å². The van der Waals surface area contributed by atoms with Crippen LogP contribution in [0.15, 0.2) is 78.0 Å². The molecule has 38 heavy (non-hydrogen) atoms. The highest BCUT2D eigenvalue weighted by molar-refractivity contribution is 7.93. The third kappa shape index (κ3) is 6.61. The van der Waals surface area contributed by atoms with Crippen LogP contribution in [0.25, 0.3) is 0 Å². The van der Waals surface area contributed by atoms with Gasteiger partial charge in [0.25, 0.3) is 0 Å². The summed E-state index contributed by atoms with van der Waals surface area (Å²) in [6.07, 6.45) is 7.19. The number of allylic oxidation sites excluding steroid dienone is 2. The average molecular weight is 564 g/mol. The van der Waals surface area contributed by atoms with Crippen molar-refractivity contribution in [3.63, 3.8) is 0 Å². The number of hydrogen-bond donors (Lipinski definition) is 1. The van der Waals surface area contributed by atoms with Crippen molar-refractivity contribution in [1.29, 1.82) is 0 Å². The monoisotopic (exact) mass is 563 g/mol. The van der Waals surface area contributed by atoms with Gasteiger partial charge in [0.05, 0.1) is 12.8 Å². The molecule has 4 rings (SSSR count). The zero-order valence-corrected chi connectivity index (χ0v) is 22.6. The van der Waals surface area contributed by atoms with E-state index in [1.807, 2.05) is 0 Å². The molecule has 1 saturated heterocycles. The number of hydrogen-bond acceptors (Lipinski definition) is 7. The molecule has 1 aliphatic carbocycles. The standard InChI is InChI=1S/C27H30FN3O5S.ClH/c1-36-26-5-3-2-4-25(26)31(37(34,35)24-12-10-23(29-33)11-13-24)19-18-30-16-14-21(15-17-30)27(32)20-6-8-22(28)9-7-20;/h2-13,21,24,33H,14-19H2,1H3;1H. The van der Waals surface area contributed by atoms with Crippen molar-refractivity contribution in [2.24, 2.45) is 11.1 Å². The van der Waals surface area contributed by atoms with Crippen molar-refractivity contribution in [2.45, 2.75) is 18.1 Å². The third-order valence-corrected chi connectivity index (χ3v) is 8.74. The number of ether oxygens (including phenoxy) is 1. The molecule has 2 aromatic carbocycles. The first-order valence-corrected chi connectivity index (χ1v) is 13.6.